The molecule has 0 rings (SSSR count). The number of hydrogen-bond donors (Lipinski definition) is 12. The van der Waals surface area contributed by atoms with Crippen LogP contribution >= 0.6 is 25.3 Å². The molecule has 0 saturated heterocycles. The monoisotopic (exact) mass is 704 g/mol. The molecule has 0 fully saturated rings. The Kier molecular flexibility index (Phi) is 26.5. The summed E-state index contributed by atoms with van der Waals surface area (Å²) in [6.07, 6.45) is -0.470. The Labute approximate surface area is 260 Å². The van der Waals surface area contributed by atoms with E-state index < -0.39 is 84.8 Å². The number of amides is 4. The van der Waals surface area contributed by atoms with E-state index in [0.29, 0.717) is 0 Å². The molecule has 0 aromatic carbocycles. The summed E-state index contributed by atoms with van der Waals surface area (Å²) >= 11 is 10.1. The van der Waals surface area contributed by atoms with Gasteiger partial charge in [-0.1, -0.05) is 0 Å². The third-order valence-corrected chi connectivity index (χ3v) is 5.23. The van der Waals surface area contributed by atoms with Crippen molar-refractivity contribution >= 4 is 89.6 Å². The molecule has 0 heterocycles. The number of thiol groups is 2. The van der Waals surface area contributed by atoms with Crippen LogP contribution in [0.1, 0.15) is 25.7 Å². The molecule has 42 heavy (non-hydrogen) atoms. The van der Waals surface area contributed by atoms with Gasteiger partial charge in [-0.15, -0.1) is 0 Å². The predicted octanol–water partition coefficient (Wildman–Crippen LogP) is -4.21. The standard InChI is InChI=1S/2C10H17N3O6S.CH3As/c2*11-5(10(18)19)1-2-7(14)13-6(4-20)9(17)12-3-8(15)16;1-2/h2*5-6,20H,1-4,11H2,(H,12,17)(H,13,14)(H,15,16)(H,18,19);1H3/t2*5-,6-;/m00./s1. The molecule has 0 saturated carbocycles. The summed E-state index contributed by atoms with van der Waals surface area (Å²) in [5, 5.41) is 42.7. The summed E-state index contributed by atoms with van der Waals surface area (Å²) in [6, 6.07) is -4.30. The summed E-state index contributed by atoms with van der Waals surface area (Å²) in [5.74, 6) is -7.41. The first-order valence-corrected chi connectivity index (χ1v) is 14.9. The van der Waals surface area contributed by atoms with Crippen molar-refractivity contribution in [1.29, 1.82) is 0 Å². The quantitative estimate of drug-likeness (QED) is 0.0476. The Morgan fingerprint density at radius 2 is 0.929 bits per heavy atom. The molecule has 2 radical (unpaired) electrons. The zero-order chi connectivity index (χ0) is 33.4. The van der Waals surface area contributed by atoms with Crippen molar-refractivity contribution in [1.82, 2.24) is 21.3 Å². The van der Waals surface area contributed by atoms with Crippen LogP contribution in [0.2, 0.25) is 5.71 Å². The SMILES string of the molecule is C[As].N[C@@H](CCC(=O)N[C@@H](CS)C(=O)NCC(=O)O)C(=O)O.N[C@@H](CCC(=O)N[C@@H](CS)C(=O)NCC(=O)O)C(=O)O. The van der Waals surface area contributed by atoms with Crippen LogP contribution in [0.4, 0.5) is 0 Å². The van der Waals surface area contributed by atoms with Crippen molar-refractivity contribution in [3.05, 3.63) is 0 Å². The van der Waals surface area contributed by atoms with Crippen LogP contribution in [0.15, 0.2) is 0 Å². The fourth-order valence-corrected chi connectivity index (χ4v) is 2.83. The summed E-state index contributed by atoms with van der Waals surface area (Å²) in [5.41, 5.74) is 12.4. The van der Waals surface area contributed by atoms with Gasteiger partial charge >= 0.3 is 46.4 Å². The van der Waals surface area contributed by atoms with E-state index in [2.05, 4.69) is 63.4 Å². The minimum atomic E-state index is -1.22. The average molecular weight is 705 g/mol. The molecule has 18 nitrogen and oxygen atoms in total. The largest absolute Gasteiger partial charge is 0.480 e. The van der Waals surface area contributed by atoms with Crippen LogP contribution in [-0.2, 0) is 38.4 Å². The topological polar surface area (TPSA) is 318 Å². The zero-order valence-electron chi connectivity index (χ0n) is 22.5. The first-order valence-electron chi connectivity index (χ1n) is 11.8. The zero-order valence-corrected chi connectivity index (χ0v) is 26.2. The normalized spacial score (nSPS) is 12.6. The fourth-order valence-electron chi connectivity index (χ4n) is 2.31. The van der Waals surface area contributed by atoms with Gasteiger partial charge in [0.25, 0.3) is 0 Å². The first-order chi connectivity index (χ1) is 19.5. The second kappa shape index (κ2) is 25.6. The van der Waals surface area contributed by atoms with E-state index in [0.717, 1.165) is 0 Å². The minimum absolute atomic E-state index is 0.0256. The molecule has 0 aliphatic carbocycles. The van der Waals surface area contributed by atoms with E-state index in [1.807, 2.05) is 5.71 Å². The maximum Gasteiger partial charge on any atom is 0.322 e. The van der Waals surface area contributed by atoms with Gasteiger partial charge in [0.15, 0.2) is 0 Å². The predicted molar refractivity (Wildman–Crippen MR) is 154 cm³/mol. The van der Waals surface area contributed by atoms with Crippen molar-refractivity contribution in [3.63, 3.8) is 0 Å². The van der Waals surface area contributed by atoms with Crippen molar-refractivity contribution in [2.75, 3.05) is 24.6 Å². The van der Waals surface area contributed by atoms with Crippen LogP contribution in [0.3, 0.4) is 0 Å². The number of carboxylic acid groups (broad SMARTS) is 4. The second-order valence-electron chi connectivity index (χ2n) is 7.80. The minimum Gasteiger partial charge on any atom is -0.480 e. The number of rotatable bonds is 18. The van der Waals surface area contributed by atoms with E-state index in [9.17, 15) is 38.4 Å². The first kappa shape index (κ1) is 43.4. The molecule has 240 valence electrons. The molecule has 4 amide bonds. The number of nitrogens with one attached hydrogen (secondary N) is 4. The van der Waals surface area contributed by atoms with E-state index in [-0.39, 0.29) is 37.2 Å². The van der Waals surface area contributed by atoms with Gasteiger partial charge in [0.05, 0.1) is 0 Å². The average Bonchev–Trinajstić information content (AvgIpc) is 2.94. The van der Waals surface area contributed by atoms with Crippen LogP contribution in [0.5, 0.6) is 0 Å². The third-order valence-electron chi connectivity index (χ3n) is 4.50. The number of carboxylic acids is 4. The van der Waals surface area contributed by atoms with Gasteiger partial charge in [-0.05, 0) is 12.8 Å². The number of carbonyl (C=O) groups excluding carboxylic acids is 4. The number of nitrogens with two attached hydrogens (primary N) is 2. The molecule has 0 spiro atoms. The third kappa shape index (κ3) is 23.6. The molecule has 4 atom stereocenters. The van der Waals surface area contributed by atoms with Crippen molar-refractivity contribution < 1.29 is 58.8 Å². The maximum atomic E-state index is 11.5. The second-order valence-corrected chi connectivity index (χ2v) is 8.53. The van der Waals surface area contributed by atoms with Crippen LogP contribution < -0.4 is 32.7 Å². The summed E-state index contributed by atoms with van der Waals surface area (Å²) in [6.45, 7) is -1.13. The number of carbonyl (C=O) groups is 8. The molecule has 0 aromatic rings. The molecule has 0 aliphatic heterocycles. The molecular formula is C21H37AsN6O12S2. The Balaban J connectivity index is -0.000000683. The summed E-state index contributed by atoms with van der Waals surface area (Å²) < 4.78 is 0. The summed E-state index contributed by atoms with van der Waals surface area (Å²) in [4.78, 5) is 87.5. The van der Waals surface area contributed by atoms with E-state index in [1.165, 1.54) is 0 Å². The molecule has 0 bridgehead atoms. The van der Waals surface area contributed by atoms with E-state index in [4.69, 9.17) is 31.9 Å². The number of hydrogen-bond acceptors (Lipinski definition) is 12. The summed E-state index contributed by atoms with van der Waals surface area (Å²) in [7, 11) is 0. The van der Waals surface area contributed by atoms with Crippen molar-refractivity contribution in [2.45, 2.75) is 55.6 Å². The Morgan fingerprint density at radius 3 is 1.14 bits per heavy atom. The van der Waals surface area contributed by atoms with Gasteiger partial charge in [-0.2, -0.15) is 25.3 Å². The number of aliphatic carboxylic acids is 4. The van der Waals surface area contributed by atoms with E-state index >= 15 is 0 Å². The van der Waals surface area contributed by atoms with Gasteiger partial charge in [0, 0.05) is 24.3 Å². The molecule has 21 heteroatoms. The smallest absolute Gasteiger partial charge is 0.322 e. The Hall–Kier alpha value is -3.06. The van der Waals surface area contributed by atoms with Gasteiger partial charge in [-0.3, -0.25) is 38.4 Å². The van der Waals surface area contributed by atoms with E-state index in [1.54, 1.807) is 0 Å². The van der Waals surface area contributed by atoms with Gasteiger partial charge in [-0.25, -0.2) is 0 Å². The molecular weight excluding hydrogens is 667 g/mol. The molecule has 0 aromatic heterocycles. The Bertz CT molecular complexity index is 858. The molecule has 0 aliphatic rings. The maximum absolute atomic E-state index is 11.5. The fraction of sp³-hybridized carbons (Fsp3) is 0.619. The Morgan fingerprint density at radius 1 is 0.643 bits per heavy atom. The van der Waals surface area contributed by atoms with Crippen LogP contribution in [0, 0.1) is 0 Å². The van der Waals surface area contributed by atoms with Crippen molar-refractivity contribution in [2.24, 2.45) is 11.5 Å². The van der Waals surface area contributed by atoms with Gasteiger partial charge in [0.1, 0.15) is 37.3 Å². The molecule has 12 N–H and O–H groups in total. The molecule has 0 unspecified atom stereocenters. The van der Waals surface area contributed by atoms with Crippen molar-refractivity contribution in [3.8, 4) is 0 Å². The van der Waals surface area contributed by atoms with Gasteiger partial charge in [0.2, 0.25) is 23.6 Å². The van der Waals surface area contributed by atoms with Crippen LogP contribution in [-0.4, -0.2) is 134 Å². The van der Waals surface area contributed by atoms with Gasteiger partial charge < -0.3 is 53.2 Å². The van der Waals surface area contributed by atoms with Crippen LogP contribution in [0.25, 0.3) is 0 Å².